The molecule has 0 spiro atoms. The lowest BCUT2D eigenvalue weighted by Crippen LogP contribution is -2.32. The van der Waals surface area contributed by atoms with Crippen LogP contribution in [0.3, 0.4) is 0 Å². The summed E-state index contributed by atoms with van der Waals surface area (Å²) in [5.41, 5.74) is 0.00294. The zero-order chi connectivity index (χ0) is 22.3. The molecule has 1 aromatic carbocycles. The van der Waals surface area contributed by atoms with Gasteiger partial charge in [0, 0.05) is 11.6 Å². The van der Waals surface area contributed by atoms with E-state index in [1.54, 1.807) is 29.2 Å². The van der Waals surface area contributed by atoms with E-state index in [1.807, 2.05) is 0 Å². The van der Waals surface area contributed by atoms with E-state index >= 15 is 0 Å². The highest BCUT2D eigenvalue weighted by molar-refractivity contribution is 7.80. The first-order valence-electron chi connectivity index (χ1n) is 9.45. The van der Waals surface area contributed by atoms with Crippen molar-refractivity contribution in [2.45, 2.75) is 38.3 Å². The third-order valence-electron chi connectivity index (χ3n) is 5.03. The number of alkyl halides is 4. The molecule has 2 aliphatic rings. The average Bonchev–Trinajstić information content (AvgIpc) is 3.38. The van der Waals surface area contributed by atoms with E-state index in [2.05, 4.69) is 10.4 Å². The lowest BCUT2D eigenvalue weighted by atomic mass is 10.1. The number of hydrogen-bond donors (Lipinski definition) is 1. The standard InChI is InChI=1S/C20H18F4N4O2S/c1-30-16-5-2-10(7-14-19(29)28(12-3-4-12)20(31)25-14)6-11(16)9-27-15(18(23)24)8-13(26-27)17(21)22/h2,5-8,12,17-18H,3-4,9H2,1H3,(H,25,31)/b14-7+. The Kier molecular flexibility index (Phi) is 5.69. The van der Waals surface area contributed by atoms with Crippen LogP contribution < -0.4 is 10.1 Å². The van der Waals surface area contributed by atoms with Gasteiger partial charge in [0.25, 0.3) is 18.8 Å². The summed E-state index contributed by atoms with van der Waals surface area (Å²) in [5, 5.41) is 6.87. The normalized spacial score (nSPS) is 17.9. The monoisotopic (exact) mass is 454 g/mol. The molecule has 0 unspecified atom stereocenters. The average molecular weight is 454 g/mol. The van der Waals surface area contributed by atoms with E-state index in [0.717, 1.165) is 17.5 Å². The van der Waals surface area contributed by atoms with Crippen LogP contribution in [0.4, 0.5) is 17.6 Å². The number of carbonyl (C=O) groups is 1. The minimum Gasteiger partial charge on any atom is -0.496 e. The van der Waals surface area contributed by atoms with Crippen molar-refractivity contribution in [2.24, 2.45) is 0 Å². The molecule has 1 aliphatic heterocycles. The number of amides is 1. The number of nitrogens with one attached hydrogen (secondary N) is 1. The number of carbonyl (C=O) groups excluding carboxylic acids is 1. The fourth-order valence-corrected chi connectivity index (χ4v) is 3.76. The number of methoxy groups -OCH3 is 1. The van der Waals surface area contributed by atoms with Gasteiger partial charge in [-0.2, -0.15) is 5.10 Å². The summed E-state index contributed by atoms with van der Waals surface area (Å²) in [7, 11) is 1.41. The van der Waals surface area contributed by atoms with Crippen molar-refractivity contribution in [3.63, 3.8) is 0 Å². The molecule has 2 aromatic rings. The van der Waals surface area contributed by atoms with E-state index < -0.39 is 24.2 Å². The summed E-state index contributed by atoms with van der Waals surface area (Å²) in [5.74, 6) is 0.149. The summed E-state index contributed by atoms with van der Waals surface area (Å²) in [6.07, 6.45) is -2.52. The van der Waals surface area contributed by atoms with Crippen molar-refractivity contribution in [3.05, 3.63) is 52.5 Å². The van der Waals surface area contributed by atoms with Gasteiger partial charge < -0.3 is 10.1 Å². The van der Waals surface area contributed by atoms with Crippen LogP contribution in [-0.2, 0) is 11.3 Å². The largest absolute Gasteiger partial charge is 0.496 e. The number of halogens is 4. The number of aromatic nitrogens is 2. The van der Waals surface area contributed by atoms with E-state index in [0.29, 0.717) is 33.8 Å². The van der Waals surface area contributed by atoms with Gasteiger partial charge in [0.1, 0.15) is 22.8 Å². The second-order valence-corrected chi connectivity index (χ2v) is 7.61. The van der Waals surface area contributed by atoms with Gasteiger partial charge in [-0.15, -0.1) is 0 Å². The molecule has 1 amide bonds. The van der Waals surface area contributed by atoms with Crippen molar-refractivity contribution in [1.82, 2.24) is 20.0 Å². The smallest absolute Gasteiger partial charge is 0.282 e. The molecule has 164 valence electrons. The first kappa shape index (κ1) is 21.3. The Labute approximate surface area is 180 Å². The molecule has 1 aromatic heterocycles. The Balaban J connectivity index is 1.65. The van der Waals surface area contributed by atoms with Crippen molar-refractivity contribution in [3.8, 4) is 5.75 Å². The zero-order valence-electron chi connectivity index (χ0n) is 16.3. The second-order valence-electron chi connectivity index (χ2n) is 7.22. The van der Waals surface area contributed by atoms with Crippen LogP contribution in [0, 0.1) is 0 Å². The van der Waals surface area contributed by atoms with Gasteiger partial charge in [-0.05, 0) is 54.9 Å². The van der Waals surface area contributed by atoms with Gasteiger partial charge in [0.15, 0.2) is 5.11 Å². The van der Waals surface area contributed by atoms with Gasteiger partial charge in [0.2, 0.25) is 0 Å². The molecule has 0 bridgehead atoms. The number of benzene rings is 1. The Morgan fingerprint density at radius 3 is 2.61 bits per heavy atom. The second kappa shape index (κ2) is 8.29. The maximum absolute atomic E-state index is 13.3. The van der Waals surface area contributed by atoms with Gasteiger partial charge in [-0.3, -0.25) is 14.4 Å². The van der Waals surface area contributed by atoms with Gasteiger partial charge in [-0.25, -0.2) is 17.6 Å². The zero-order valence-corrected chi connectivity index (χ0v) is 17.1. The molecule has 1 N–H and O–H groups in total. The van der Waals surface area contributed by atoms with Gasteiger partial charge in [0.05, 0.1) is 13.7 Å². The maximum Gasteiger partial charge on any atom is 0.282 e. The van der Waals surface area contributed by atoms with Crippen molar-refractivity contribution in [2.75, 3.05) is 7.11 Å². The van der Waals surface area contributed by atoms with Crippen molar-refractivity contribution >= 4 is 29.3 Å². The maximum atomic E-state index is 13.3. The highest BCUT2D eigenvalue weighted by Gasteiger charge is 2.41. The number of ether oxygens (including phenoxy) is 1. The lowest BCUT2D eigenvalue weighted by molar-refractivity contribution is -0.122. The summed E-state index contributed by atoms with van der Waals surface area (Å²) in [4.78, 5) is 14.2. The first-order valence-corrected chi connectivity index (χ1v) is 9.86. The Morgan fingerprint density at radius 1 is 1.26 bits per heavy atom. The van der Waals surface area contributed by atoms with Crippen LogP contribution in [0.2, 0.25) is 0 Å². The summed E-state index contributed by atoms with van der Waals surface area (Å²) in [6.45, 7) is -0.208. The molecule has 0 atom stereocenters. The molecule has 6 nitrogen and oxygen atoms in total. The van der Waals surface area contributed by atoms with Crippen LogP contribution >= 0.6 is 12.2 Å². The van der Waals surface area contributed by atoms with Crippen LogP contribution in [0.15, 0.2) is 30.0 Å². The molecule has 1 saturated carbocycles. The number of thiocarbonyl (C=S) groups is 1. The van der Waals surface area contributed by atoms with Crippen LogP contribution in [0.5, 0.6) is 5.75 Å². The third-order valence-corrected chi connectivity index (χ3v) is 5.33. The quantitative estimate of drug-likeness (QED) is 0.389. The summed E-state index contributed by atoms with van der Waals surface area (Å²) < 4.78 is 58.7. The van der Waals surface area contributed by atoms with E-state index in [4.69, 9.17) is 17.0 Å². The predicted octanol–water partition coefficient (Wildman–Crippen LogP) is 4.04. The third kappa shape index (κ3) is 4.27. The molecule has 2 heterocycles. The Bertz CT molecular complexity index is 1070. The van der Waals surface area contributed by atoms with Crippen LogP contribution in [0.1, 0.15) is 48.2 Å². The molecule has 11 heteroatoms. The van der Waals surface area contributed by atoms with Crippen molar-refractivity contribution < 1.29 is 27.1 Å². The summed E-state index contributed by atoms with van der Waals surface area (Å²) >= 11 is 5.23. The predicted molar refractivity (Wildman–Crippen MR) is 108 cm³/mol. The molecule has 1 saturated heterocycles. The molecule has 31 heavy (non-hydrogen) atoms. The lowest BCUT2D eigenvalue weighted by Gasteiger charge is -2.12. The highest BCUT2D eigenvalue weighted by Crippen LogP contribution is 2.32. The Hall–Kier alpha value is -2.95. The van der Waals surface area contributed by atoms with Crippen LogP contribution in [0.25, 0.3) is 6.08 Å². The topological polar surface area (TPSA) is 59.4 Å². The highest BCUT2D eigenvalue weighted by atomic mass is 32.1. The summed E-state index contributed by atoms with van der Waals surface area (Å²) in [6, 6.07) is 5.75. The fourth-order valence-electron chi connectivity index (χ4n) is 3.41. The van der Waals surface area contributed by atoms with E-state index in [-0.39, 0.29) is 18.5 Å². The SMILES string of the molecule is COc1ccc(/C=C2/NC(=S)N(C3CC3)C2=O)cc1Cn1nc(C(F)F)cc1C(F)F. The van der Waals surface area contributed by atoms with Gasteiger partial charge >= 0.3 is 0 Å². The minimum atomic E-state index is -2.97. The molecular weight excluding hydrogens is 436 g/mol. The van der Waals surface area contributed by atoms with Crippen molar-refractivity contribution in [1.29, 1.82) is 0 Å². The molecule has 2 fully saturated rings. The Morgan fingerprint density at radius 2 is 2.00 bits per heavy atom. The molecule has 1 aliphatic carbocycles. The number of rotatable bonds is 7. The fraction of sp³-hybridized carbons (Fsp3) is 0.350. The minimum absolute atomic E-state index is 0.126. The van der Waals surface area contributed by atoms with E-state index in [9.17, 15) is 22.4 Å². The molecule has 4 rings (SSSR count). The first-order chi connectivity index (χ1) is 14.8. The number of nitrogens with zero attached hydrogens (tertiary/aromatic N) is 3. The van der Waals surface area contributed by atoms with Crippen LogP contribution in [-0.4, -0.2) is 38.9 Å². The number of hydrogen-bond acceptors (Lipinski definition) is 4. The van der Waals surface area contributed by atoms with Gasteiger partial charge in [-0.1, -0.05) is 6.07 Å². The van der Waals surface area contributed by atoms with E-state index in [1.165, 1.54) is 7.11 Å². The molecule has 0 radical (unpaired) electrons. The molecular formula is C20H18F4N4O2S.